The maximum atomic E-state index is 6.06. The lowest BCUT2D eigenvalue weighted by atomic mass is 10.0. The van der Waals surface area contributed by atoms with Gasteiger partial charge in [0.2, 0.25) is 0 Å². The Morgan fingerprint density at radius 2 is 2.00 bits per heavy atom. The largest absolute Gasteiger partial charge is 0.482 e. The fourth-order valence-corrected chi connectivity index (χ4v) is 2.66. The first-order valence-electron chi connectivity index (χ1n) is 6.55. The van der Waals surface area contributed by atoms with Crippen molar-refractivity contribution in [1.82, 2.24) is 0 Å². The highest BCUT2D eigenvalue weighted by Gasteiger charge is 2.20. The fourth-order valence-electron chi connectivity index (χ4n) is 2.29. The van der Waals surface area contributed by atoms with Crippen molar-refractivity contribution in [2.24, 2.45) is 0 Å². The van der Waals surface area contributed by atoms with Crippen molar-refractivity contribution in [2.75, 3.05) is 11.9 Å². The zero-order chi connectivity index (χ0) is 13.2. The van der Waals surface area contributed by atoms with Crippen molar-refractivity contribution >= 4 is 21.6 Å². The van der Waals surface area contributed by atoms with Gasteiger partial charge in [0, 0.05) is 4.47 Å². The lowest BCUT2D eigenvalue weighted by Gasteiger charge is -2.28. The van der Waals surface area contributed by atoms with Gasteiger partial charge in [-0.1, -0.05) is 47.1 Å². The van der Waals surface area contributed by atoms with Crippen LogP contribution in [0, 0.1) is 0 Å². The number of aryl methyl sites for hydroxylation is 1. The fraction of sp³-hybridized carbons (Fsp3) is 0.250. The monoisotopic (exact) mass is 317 g/mol. The quantitative estimate of drug-likeness (QED) is 0.876. The van der Waals surface area contributed by atoms with Crippen molar-refractivity contribution in [2.45, 2.75) is 19.4 Å². The number of ether oxygens (including phenoxy) is 1. The van der Waals surface area contributed by atoms with Crippen LogP contribution >= 0.6 is 15.9 Å². The molecule has 2 aromatic rings. The predicted octanol–water partition coefficient (Wildman–Crippen LogP) is 4.56. The Kier molecular flexibility index (Phi) is 3.47. The first-order valence-corrected chi connectivity index (χ1v) is 7.34. The number of rotatable bonds is 2. The molecule has 0 saturated heterocycles. The standard InChI is InChI=1S/C16H16BrNO/c1-2-11-3-5-12(6-4-11)16-10-18-14-9-13(17)7-8-15(14)19-16/h3-9,16,18H,2,10H2,1H3. The highest BCUT2D eigenvalue weighted by atomic mass is 79.9. The van der Waals surface area contributed by atoms with Crippen LogP contribution in [0.4, 0.5) is 5.69 Å². The van der Waals surface area contributed by atoms with Crippen LogP contribution in [-0.2, 0) is 6.42 Å². The highest BCUT2D eigenvalue weighted by Crippen LogP contribution is 2.35. The molecule has 98 valence electrons. The number of hydrogen-bond donors (Lipinski definition) is 1. The second-order valence-electron chi connectivity index (χ2n) is 4.72. The lowest BCUT2D eigenvalue weighted by Crippen LogP contribution is -2.23. The Balaban J connectivity index is 1.82. The van der Waals surface area contributed by atoms with E-state index in [1.165, 1.54) is 11.1 Å². The van der Waals surface area contributed by atoms with Crippen LogP contribution < -0.4 is 10.1 Å². The maximum absolute atomic E-state index is 6.06. The zero-order valence-electron chi connectivity index (χ0n) is 10.8. The lowest BCUT2D eigenvalue weighted by molar-refractivity contribution is 0.210. The third-order valence-electron chi connectivity index (χ3n) is 3.45. The third kappa shape index (κ3) is 2.61. The Labute approximate surface area is 121 Å². The minimum atomic E-state index is 0.0829. The van der Waals surface area contributed by atoms with Crippen molar-refractivity contribution in [3.63, 3.8) is 0 Å². The number of anilines is 1. The molecular weight excluding hydrogens is 302 g/mol. The van der Waals surface area contributed by atoms with E-state index >= 15 is 0 Å². The van der Waals surface area contributed by atoms with Gasteiger partial charge >= 0.3 is 0 Å². The minimum Gasteiger partial charge on any atom is -0.482 e. The molecule has 0 radical (unpaired) electrons. The molecule has 0 aromatic heterocycles. The van der Waals surface area contributed by atoms with Gasteiger partial charge in [-0.3, -0.25) is 0 Å². The topological polar surface area (TPSA) is 21.3 Å². The van der Waals surface area contributed by atoms with Gasteiger partial charge in [0.05, 0.1) is 12.2 Å². The molecule has 0 bridgehead atoms. The summed E-state index contributed by atoms with van der Waals surface area (Å²) < 4.78 is 7.13. The van der Waals surface area contributed by atoms with E-state index in [9.17, 15) is 0 Å². The van der Waals surface area contributed by atoms with Gasteiger partial charge in [-0.25, -0.2) is 0 Å². The van der Waals surface area contributed by atoms with Crippen LogP contribution in [0.3, 0.4) is 0 Å². The van der Waals surface area contributed by atoms with Crippen LogP contribution in [0.2, 0.25) is 0 Å². The van der Waals surface area contributed by atoms with Gasteiger partial charge in [-0.05, 0) is 35.7 Å². The Morgan fingerprint density at radius 3 is 2.74 bits per heavy atom. The van der Waals surface area contributed by atoms with E-state index in [0.717, 1.165) is 28.9 Å². The second kappa shape index (κ2) is 5.25. The van der Waals surface area contributed by atoms with Crippen LogP contribution in [0.15, 0.2) is 46.9 Å². The zero-order valence-corrected chi connectivity index (χ0v) is 12.4. The van der Waals surface area contributed by atoms with E-state index in [4.69, 9.17) is 4.74 Å². The molecule has 1 aliphatic heterocycles. The van der Waals surface area contributed by atoms with Crippen molar-refractivity contribution < 1.29 is 4.74 Å². The average Bonchev–Trinajstić information content (AvgIpc) is 2.47. The van der Waals surface area contributed by atoms with Crippen molar-refractivity contribution in [3.05, 3.63) is 58.1 Å². The SMILES string of the molecule is CCc1ccc(C2CNc3cc(Br)ccc3O2)cc1. The minimum absolute atomic E-state index is 0.0829. The molecule has 3 heteroatoms. The number of fused-ring (bicyclic) bond motifs is 1. The van der Waals surface area contributed by atoms with Gasteiger partial charge in [0.15, 0.2) is 0 Å². The normalized spacial score (nSPS) is 17.3. The summed E-state index contributed by atoms with van der Waals surface area (Å²) in [5.41, 5.74) is 3.63. The first-order chi connectivity index (χ1) is 9.26. The number of hydrogen-bond acceptors (Lipinski definition) is 2. The Bertz CT molecular complexity index is 580. The third-order valence-corrected chi connectivity index (χ3v) is 3.94. The molecule has 1 heterocycles. The van der Waals surface area contributed by atoms with Crippen molar-refractivity contribution in [3.8, 4) is 5.75 Å². The molecule has 0 amide bonds. The molecule has 0 fully saturated rings. The molecule has 1 N–H and O–H groups in total. The number of benzene rings is 2. The summed E-state index contributed by atoms with van der Waals surface area (Å²) >= 11 is 3.47. The highest BCUT2D eigenvalue weighted by molar-refractivity contribution is 9.10. The Morgan fingerprint density at radius 1 is 1.21 bits per heavy atom. The summed E-state index contributed by atoms with van der Waals surface area (Å²) in [6, 6.07) is 14.7. The Hall–Kier alpha value is -1.48. The molecule has 1 unspecified atom stereocenters. The van der Waals surface area contributed by atoms with Gasteiger partial charge in [-0.2, -0.15) is 0 Å². The van der Waals surface area contributed by atoms with Crippen LogP contribution in [0.5, 0.6) is 5.75 Å². The molecule has 2 aromatic carbocycles. The summed E-state index contributed by atoms with van der Waals surface area (Å²) in [4.78, 5) is 0. The molecule has 1 atom stereocenters. The molecule has 0 spiro atoms. The van der Waals surface area contributed by atoms with E-state index in [0.29, 0.717) is 0 Å². The van der Waals surface area contributed by atoms with E-state index in [1.807, 2.05) is 18.2 Å². The second-order valence-corrected chi connectivity index (χ2v) is 5.64. The summed E-state index contributed by atoms with van der Waals surface area (Å²) in [7, 11) is 0. The van der Waals surface area contributed by atoms with Gasteiger partial charge < -0.3 is 10.1 Å². The van der Waals surface area contributed by atoms with Crippen LogP contribution in [-0.4, -0.2) is 6.54 Å². The molecule has 1 aliphatic rings. The summed E-state index contributed by atoms with van der Waals surface area (Å²) in [5.74, 6) is 0.916. The molecular formula is C16H16BrNO. The smallest absolute Gasteiger partial charge is 0.143 e. The van der Waals surface area contributed by atoms with Crippen molar-refractivity contribution in [1.29, 1.82) is 0 Å². The van der Waals surface area contributed by atoms with Gasteiger partial charge in [0.25, 0.3) is 0 Å². The average molecular weight is 318 g/mol. The summed E-state index contributed by atoms with van der Waals surface area (Å²) in [6.45, 7) is 2.97. The summed E-state index contributed by atoms with van der Waals surface area (Å²) in [5, 5.41) is 3.43. The van der Waals surface area contributed by atoms with E-state index in [1.54, 1.807) is 0 Å². The van der Waals surface area contributed by atoms with Crippen LogP contribution in [0.25, 0.3) is 0 Å². The van der Waals surface area contributed by atoms with Gasteiger partial charge in [-0.15, -0.1) is 0 Å². The maximum Gasteiger partial charge on any atom is 0.143 e. The first kappa shape index (κ1) is 12.5. The van der Waals surface area contributed by atoms with E-state index in [-0.39, 0.29) is 6.10 Å². The van der Waals surface area contributed by atoms with Crippen LogP contribution in [0.1, 0.15) is 24.2 Å². The molecule has 2 nitrogen and oxygen atoms in total. The van der Waals surface area contributed by atoms with E-state index < -0.39 is 0 Å². The number of halogens is 1. The molecule has 0 saturated carbocycles. The number of nitrogens with one attached hydrogen (secondary N) is 1. The molecule has 0 aliphatic carbocycles. The van der Waals surface area contributed by atoms with Gasteiger partial charge in [0.1, 0.15) is 11.9 Å². The molecule has 19 heavy (non-hydrogen) atoms. The van der Waals surface area contributed by atoms with E-state index in [2.05, 4.69) is 52.4 Å². The summed E-state index contributed by atoms with van der Waals surface area (Å²) in [6.07, 6.45) is 1.15. The predicted molar refractivity (Wildman–Crippen MR) is 81.8 cm³/mol. The molecule has 3 rings (SSSR count).